The monoisotopic (exact) mass is 345 g/mol. The smallest absolute Gasteiger partial charge is 0.224 e. The van der Waals surface area contributed by atoms with E-state index in [0.717, 1.165) is 34.7 Å². The van der Waals surface area contributed by atoms with Gasteiger partial charge in [0.05, 0.1) is 13.2 Å². The fourth-order valence-corrected chi connectivity index (χ4v) is 2.75. The lowest BCUT2D eigenvalue weighted by molar-refractivity contribution is -0.116. The topological polar surface area (TPSA) is 47.6 Å². The van der Waals surface area contributed by atoms with Gasteiger partial charge in [0.25, 0.3) is 0 Å². The number of ether oxygens (including phenoxy) is 2. The zero-order chi connectivity index (χ0) is 16.9. The highest BCUT2D eigenvalue weighted by Gasteiger charge is 2.12. The van der Waals surface area contributed by atoms with Crippen molar-refractivity contribution in [3.63, 3.8) is 0 Å². The molecule has 0 radical (unpaired) electrons. The first-order valence-electron chi connectivity index (χ1n) is 8.07. The maximum absolute atomic E-state index is 12.2. The molecule has 0 aromatic heterocycles. The van der Waals surface area contributed by atoms with E-state index in [1.165, 1.54) is 0 Å². The standard InChI is InChI=1S/C19H20ClNO3/c1-13-15(20)4-2-5-16(13)21-19(22)9-7-14-6-8-17-18(12-14)24-11-3-10-23-17/h2,4-6,8,12H,3,7,9-11H2,1H3,(H,21,22). The number of fused-ring (bicyclic) bond motifs is 1. The Morgan fingerprint density at radius 3 is 2.79 bits per heavy atom. The summed E-state index contributed by atoms with van der Waals surface area (Å²) in [5.41, 5.74) is 2.69. The summed E-state index contributed by atoms with van der Waals surface area (Å²) in [7, 11) is 0. The van der Waals surface area contributed by atoms with E-state index >= 15 is 0 Å². The first-order chi connectivity index (χ1) is 11.6. The number of hydrogen-bond acceptors (Lipinski definition) is 3. The number of rotatable bonds is 4. The Morgan fingerprint density at radius 2 is 1.96 bits per heavy atom. The molecule has 0 fully saturated rings. The Morgan fingerprint density at radius 1 is 1.17 bits per heavy atom. The van der Waals surface area contributed by atoms with E-state index in [0.29, 0.717) is 31.1 Å². The van der Waals surface area contributed by atoms with Gasteiger partial charge >= 0.3 is 0 Å². The highest BCUT2D eigenvalue weighted by atomic mass is 35.5. The Balaban J connectivity index is 1.60. The third kappa shape index (κ3) is 4.01. The van der Waals surface area contributed by atoms with Crippen molar-refractivity contribution >= 4 is 23.2 Å². The molecule has 1 aliphatic heterocycles. The van der Waals surface area contributed by atoms with Crippen LogP contribution >= 0.6 is 11.6 Å². The van der Waals surface area contributed by atoms with Crippen LogP contribution in [0.15, 0.2) is 36.4 Å². The first-order valence-corrected chi connectivity index (χ1v) is 8.45. The van der Waals surface area contributed by atoms with E-state index in [2.05, 4.69) is 5.32 Å². The summed E-state index contributed by atoms with van der Waals surface area (Å²) in [6.45, 7) is 3.22. The molecule has 126 valence electrons. The van der Waals surface area contributed by atoms with Gasteiger partial charge in [0.2, 0.25) is 5.91 Å². The number of amides is 1. The molecule has 0 unspecified atom stereocenters. The van der Waals surface area contributed by atoms with Crippen LogP contribution in [0.5, 0.6) is 11.5 Å². The number of benzene rings is 2. The van der Waals surface area contributed by atoms with Gasteiger partial charge in [-0.1, -0.05) is 23.7 Å². The quantitative estimate of drug-likeness (QED) is 0.894. The minimum atomic E-state index is -0.0347. The van der Waals surface area contributed by atoms with Gasteiger partial charge in [0.15, 0.2) is 11.5 Å². The number of aryl methyl sites for hydroxylation is 1. The molecular formula is C19H20ClNO3. The van der Waals surface area contributed by atoms with Crippen molar-refractivity contribution in [1.29, 1.82) is 0 Å². The fourth-order valence-electron chi connectivity index (χ4n) is 2.58. The molecule has 0 saturated carbocycles. The lowest BCUT2D eigenvalue weighted by Crippen LogP contribution is -2.13. The van der Waals surface area contributed by atoms with Crippen molar-refractivity contribution in [2.24, 2.45) is 0 Å². The number of carbonyl (C=O) groups excluding carboxylic acids is 1. The van der Waals surface area contributed by atoms with E-state index in [-0.39, 0.29) is 5.91 Å². The van der Waals surface area contributed by atoms with Gasteiger partial charge in [0.1, 0.15) is 0 Å². The van der Waals surface area contributed by atoms with E-state index < -0.39 is 0 Å². The number of anilines is 1. The van der Waals surface area contributed by atoms with Crippen molar-refractivity contribution in [2.45, 2.75) is 26.2 Å². The van der Waals surface area contributed by atoms with Crippen molar-refractivity contribution in [1.82, 2.24) is 0 Å². The van der Waals surface area contributed by atoms with Crippen LogP contribution < -0.4 is 14.8 Å². The van der Waals surface area contributed by atoms with Crippen LogP contribution in [0.4, 0.5) is 5.69 Å². The Labute approximate surface area is 146 Å². The predicted molar refractivity (Wildman–Crippen MR) is 95.2 cm³/mol. The normalized spacial score (nSPS) is 13.2. The number of nitrogens with one attached hydrogen (secondary N) is 1. The Kier molecular flexibility index (Phi) is 5.26. The zero-order valence-corrected chi connectivity index (χ0v) is 14.4. The minimum absolute atomic E-state index is 0.0347. The van der Waals surface area contributed by atoms with Gasteiger partial charge < -0.3 is 14.8 Å². The van der Waals surface area contributed by atoms with Crippen LogP contribution in [-0.4, -0.2) is 19.1 Å². The van der Waals surface area contributed by atoms with Crippen molar-refractivity contribution < 1.29 is 14.3 Å². The summed E-state index contributed by atoms with van der Waals surface area (Å²) in [4.78, 5) is 12.2. The SMILES string of the molecule is Cc1c(Cl)cccc1NC(=O)CCc1ccc2c(c1)OCCCO2. The first kappa shape index (κ1) is 16.7. The summed E-state index contributed by atoms with van der Waals surface area (Å²) in [6, 6.07) is 11.3. The van der Waals surface area contributed by atoms with Gasteiger partial charge in [0, 0.05) is 23.6 Å². The van der Waals surface area contributed by atoms with Crippen LogP contribution in [0.2, 0.25) is 5.02 Å². The molecule has 0 bridgehead atoms. The van der Waals surface area contributed by atoms with Gasteiger partial charge in [-0.25, -0.2) is 0 Å². The fraction of sp³-hybridized carbons (Fsp3) is 0.316. The summed E-state index contributed by atoms with van der Waals surface area (Å²) in [6.07, 6.45) is 1.92. The van der Waals surface area contributed by atoms with Crippen molar-refractivity contribution in [3.05, 3.63) is 52.5 Å². The second kappa shape index (κ2) is 7.58. The van der Waals surface area contributed by atoms with E-state index in [9.17, 15) is 4.79 Å². The summed E-state index contributed by atoms with van der Waals surface area (Å²) in [5, 5.41) is 3.56. The van der Waals surface area contributed by atoms with Gasteiger partial charge in [-0.3, -0.25) is 4.79 Å². The lowest BCUT2D eigenvalue weighted by atomic mass is 10.1. The summed E-state index contributed by atoms with van der Waals surface area (Å²) < 4.78 is 11.3. The van der Waals surface area contributed by atoms with Crippen LogP contribution in [0.1, 0.15) is 24.0 Å². The zero-order valence-electron chi connectivity index (χ0n) is 13.6. The molecule has 2 aromatic carbocycles. The maximum Gasteiger partial charge on any atom is 0.224 e. The lowest BCUT2D eigenvalue weighted by Gasteiger charge is -2.11. The largest absolute Gasteiger partial charge is 0.490 e. The van der Waals surface area contributed by atoms with Crippen LogP contribution in [0.25, 0.3) is 0 Å². The molecular weight excluding hydrogens is 326 g/mol. The average molecular weight is 346 g/mol. The molecule has 1 amide bonds. The molecule has 0 atom stereocenters. The second-order valence-corrected chi connectivity index (χ2v) is 6.20. The number of halogens is 1. The molecule has 2 aromatic rings. The highest BCUT2D eigenvalue weighted by Crippen LogP contribution is 2.31. The summed E-state index contributed by atoms with van der Waals surface area (Å²) in [5.74, 6) is 1.50. The van der Waals surface area contributed by atoms with E-state index in [4.69, 9.17) is 21.1 Å². The van der Waals surface area contributed by atoms with E-state index in [1.807, 2.05) is 43.3 Å². The predicted octanol–water partition coefficient (Wildman–Crippen LogP) is 4.38. The van der Waals surface area contributed by atoms with Gasteiger partial charge in [-0.15, -0.1) is 0 Å². The Hall–Kier alpha value is -2.20. The second-order valence-electron chi connectivity index (χ2n) is 5.79. The Bertz CT molecular complexity index is 745. The molecule has 3 rings (SSSR count). The molecule has 5 heteroatoms. The van der Waals surface area contributed by atoms with Crippen molar-refractivity contribution in [2.75, 3.05) is 18.5 Å². The molecule has 4 nitrogen and oxygen atoms in total. The summed E-state index contributed by atoms with van der Waals surface area (Å²) >= 11 is 6.07. The molecule has 0 spiro atoms. The molecule has 1 aliphatic rings. The molecule has 0 saturated heterocycles. The average Bonchev–Trinajstić information content (AvgIpc) is 2.82. The molecule has 1 N–H and O–H groups in total. The highest BCUT2D eigenvalue weighted by molar-refractivity contribution is 6.31. The third-order valence-corrected chi connectivity index (χ3v) is 4.40. The molecule has 24 heavy (non-hydrogen) atoms. The molecule has 1 heterocycles. The maximum atomic E-state index is 12.2. The number of carbonyl (C=O) groups is 1. The van der Waals surface area contributed by atoms with Gasteiger partial charge in [-0.2, -0.15) is 0 Å². The minimum Gasteiger partial charge on any atom is -0.490 e. The molecule has 0 aliphatic carbocycles. The van der Waals surface area contributed by atoms with Crippen LogP contribution in [0.3, 0.4) is 0 Å². The van der Waals surface area contributed by atoms with E-state index in [1.54, 1.807) is 0 Å². The van der Waals surface area contributed by atoms with Crippen molar-refractivity contribution in [3.8, 4) is 11.5 Å². The number of hydrogen-bond donors (Lipinski definition) is 1. The van der Waals surface area contributed by atoms with Crippen LogP contribution in [-0.2, 0) is 11.2 Å². The van der Waals surface area contributed by atoms with Crippen LogP contribution in [0, 0.1) is 6.92 Å². The third-order valence-electron chi connectivity index (χ3n) is 3.99. The van der Waals surface area contributed by atoms with Gasteiger partial charge in [-0.05, 0) is 48.7 Å².